The first-order valence-corrected chi connectivity index (χ1v) is 12.5. The van der Waals surface area contributed by atoms with Gasteiger partial charge in [-0.15, -0.1) is 0 Å². The number of benzene rings is 2. The third-order valence-electron chi connectivity index (χ3n) is 6.67. The minimum absolute atomic E-state index is 0.0168. The lowest BCUT2D eigenvalue weighted by Crippen LogP contribution is -2.27. The fraction of sp³-hybridized carbons (Fsp3) is 0.435. The van der Waals surface area contributed by atoms with Crippen LogP contribution in [0, 0.1) is 5.92 Å². The summed E-state index contributed by atoms with van der Waals surface area (Å²) in [6.45, 7) is 5.36. The summed E-state index contributed by atoms with van der Waals surface area (Å²) in [5, 5.41) is 13.2. The quantitative estimate of drug-likeness (QED) is 0.586. The molecule has 3 aliphatic rings. The van der Waals surface area contributed by atoms with Crippen molar-refractivity contribution in [3.63, 3.8) is 0 Å². The van der Waals surface area contributed by atoms with E-state index >= 15 is 0 Å². The molecule has 2 aromatic rings. The minimum Gasteiger partial charge on any atom is -0.492 e. The van der Waals surface area contributed by atoms with E-state index in [1.54, 1.807) is 24.3 Å². The number of nitrogens with one attached hydrogen (secondary N) is 2. The summed E-state index contributed by atoms with van der Waals surface area (Å²) in [5.41, 5.74) is 1.25. The van der Waals surface area contributed by atoms with Crippen LogP contribution in [0.4, 0.5) is 11.4 Å². The number of carbonyl (C=O) groups is 1. The van der Waals surface area contributed by atoms with Crippen molar-refractivity contribution in [1.29, 1.82) is 0 Å². The highest BCUT2D eigenvalue weighted by Crippen LogP contribution is 2.55. The Morgan fingerprint density at radius 1 is 1.22 bits per heavy atom. The third-order valence-corrected chi connectivity index (χ3v) is 8.09. The highest BCUT2D eigenvalue weighted by Gasteiger charge is 2.45. The zero-order chi connectivity index (χ0) is 22.5. The van der Waals surface area contributed by atoms with Gasteiger partial charge in [0.2, 0.25) is 0 Å². The van der Waals surface area contributed by atoms with Gasteiger partial charge in [-0.25, -0.2) is 13.2 Å². The van der Waals surface area contributed by atoms with Gasteiger partial charge < -0.3 is 20.1 Å². The standard InChI is InChI=1S/C23H27N3O5S/c1-2-26-10-9-15(12-26)24-18-5-3-4-6-20(18)32(29,30)25-19-8-7-16-17-11-14(17)13-31-22(16)21(19)23(27)28/h3-8,14-15,17,24-25H,2,9-13H2,1H3,(H,27,28)/t14-,15+,17-/m0/s1. The van der Waals surface area contributed by atoms with E-state index in [1.807, 2.05) is 0 Å². The molecule has 0 bridgehead atoms. The van der Waals surface area contributed by atoms with E-state index in [1.165, 1.54) is 12.1 Å². The average Bonchev–Trinajstić information content (AvgIpc) is 3.43. The van der Waals surface area contributed by atoms with Crippen LogP contribution >= 0.6 is 0 Å². The van der Waals surface area contributed by atoms with Crippen molar-refractivity contribution in [2.24, 2.45) is 5.92 Å². The summed E-state index contributed by atoms with van der Waals surface area (Å²) in [5.74, 6) is -0.186. The molecule has 9 heteroatoms. The number of hydrogen-bond donors (Lipinski definition) is 3. The fourth-order valence-electron chi connectivity index (χ4n) is 4.82. The highest BCUT2D eigenvalue weighted by atomic mass is 32.2. The predicted octanol–water partition coefficient (Wildman–Crippen LogP) is 3.19. The molecule has 170 valence electrons. The van der Waals surface area contributed by atoms with Crippen molar-refractivity contribution in [3.05, 3.63) is 47.5 Å². The van der Waals surface area contributed by atoms with Crippen LogP contribution in [0.2, 0.25) is 0 Å². The number of carboxylic acids is 1. The summed E-state index contributed by atoms with van der Waals surface area (Å²) in [6.07, 6.45) is 1.91. The van der Waals surface area contributed by atoms with Crippen LogP contribution in [0.15, 0.2) is 41.3 Å². The Balaban J connectivity index is 1.45. The number of sulfonamides is 1. The van der Waals surface area contributed by atoms with Crippen LogP contribution in [-0.2, 0) is 10.0 Å². The number of likely N-dealkylation sites (tertiary alicyclic amines) is 1. The molecule has 0 unspecified atom stereocenters. The van der Waals surface area contributed by atoms with Crippen molar-refractivity contribution >= 4 is 27.4 Å². The van der Waals surface area contributed by atoms with Gasteiger partial charge in [-0.05, 0) is 49.1 Å². The molecule has 2 heterocycles. The Bertz CT molecular complexity index is 1170. The Morgan fingerprint density at radius 2 is 2.03 bits per heavy atom. The number of likely N-dealkylation sites (N-methyl/N-ethyl adjacent to an activating group) is 1. The number of anilines is 2. The Morgan fingerprint density at radius 3 is 2.78 bits per heavy atom. The van der Waals surface area contributed by atoms with Crippen LogP contribution in [0.1, 0.15) is 41.6 Å². The summed E-state index contributed by atoms with van der Waals surface area (Å²) in [6, 6.07) is 10.2. The predicted molar refractivity (Wildman–Crippen MR) is 121 cm³/mol. The Hall–Kier alpha value is -2.78. The van der Waals surface area contributed by atoms with Gasteiger partial charge in [0.1, 0.15) is 16.2 Å². The number of carboxylic acid groups (broad SMARTS) is 1. The van der Waals surface area contributed by atoms with Gasteiger partial charge in [-0.1, -0.05) is 25.1 Å². The smallest absolute Gasteiger partial charge is 0.341 e. The van der Waals surface area contributed by atoms with Gasteiger partial charge in [0, 0.05) is 25.0 Å². The van der Waals surface area contributed by atoms with Gasteiger partial charge in [0.05, 0.1) is 18.0 Å². The number of rotatable bonds is 7. The number of ether oxygens (including phenoxy) is 1. The SMILES string of the molecule is CCN1CC[C@@H](Nc2ccccc2S(=O)(=O)Nc2ccc3c(c2C(=O)O)OC[C@@H]2C[C@H]32)C1. The van der Waals surface area contributed by atoms with E-state index in [0.717, 1.165) is 38.0 Å². The van der Waals surface area contributed by atoms with Gasteiger partial charge in [-0.3, -0.25) is 4.72 Å². The molecular weight excluding hydrogens is 430 g/mol. The molecule has 1 aliphatic carbocycles. The number of fused-ring (bicyclic) bond motifs is 3. The van der Waals surface area contributed by atoms with Crippen molar-refractivity contribution < 1.29 is 23.1 Å². The molecule has 0 aromatic heterocycles. The molecule has 2 aromatic carbocycles. The molecule has 0 radical (unpaired) electrons. The molecule has 0 amide bonds. The molecule has 0 spiro atoms. The molecule has 3 N–H and O–H groups in total. The maximum absolute atomic E-state index is 13.3. The van der Waals surface area contributed by atoms with E-state index in [9.17, 15) is 18.3 Å². The summed E-state index contributed by atoms with van der Waals surface area (Å²) >= 11 is 0. The maximum atomic E-state index is 13.3. The van der Waals surface area contributed by atoms with Crippen LogP contribution in [0.5, 0.6) is 5.75 Å². The lowest BCUT2D eigenvalue weighted by molar-refractivity contribution is 0.0692. The number of para-hydroxylation sites is 1. The average molecular weight is 458 g/mol. The third kappa shape index (κ3) is 3.80. The van der Waals surface area contributed by atoms with Gasteiger partial charge in [-0.2, -0.15) is 0 Å². The van der Waals surface area contributed by atoms with Gasteiger partial charge in [0.15, 0.2) is 0 Å². The first-order chi connectivity index (χ1) is 15.4. The second-order valence-corrected chi connectivity index (χ2v) is 10.4. The van der Waals surface area contributed by atoms with Crippen LogP contribution < -0.4 is 14.8 Å². The molecule has 2 fully saturated rings. The molecule has 32 heavy (non-hydrogen) atoms. The van der Waals surface area contributed by atoms with E-state index in [0.29, 0.717) is 24.1 Å². The molecule has 1 saturated carbocycles. The van der Waals surface area contributed by atoms with E-state index in [4.69, 9.17) is 4.74 Å². The van der Waals surface area contributed by atoms with Crippen LogP contribution in [0.3, 0.4) is 0 Å². The van der Waals surface area contributed by atoms with Crippen molar-refractivity contribution in [2.75, 3.05) is 36.3 Å². The summed E-state index contributed by atoms with van der Waals surface area (Å²) < 4.78 is 34.9. The highest BCUT2D eigenvalue weighted by molar-refractivity contribution is 7.92. The lowest BCUT2D eigenvalue weighted by Gasteiger charge is -2.22. The largest absolute Gasteiger partial charge is 0.492 e. The molecule has 8 nitrogen and oxygen atoms in total. The van der Waals surface area contributed by atoms with Crippen molar-refractivity contribution in [3.8, 4) is 5.75 Å². The molecular formula is C23H27N3O5S. The minimum atomic E-state index is -4.04. The second kappa shape index (κ2) is 7.97. The van der Waals surface area contributed by atoms with Crippen LogP contribution in [-0.4, -0.2) is 56.7 Å². The number of aromatic carboxylic acids is 1. The molecule has 5 rings (SSSR count). The van der Waals surface area contributed by atoms with E-state index in [-0.39, 0.29) is 27.9 Å². The van der Waals surface area contributed by atoms with Crippen LogP contribution in [0.25, 0.3) is 0 Å². The van der Waals surface area contributed by atoms with Gasteiger partial charge in [0.25, 0.3) is 10.0 Å². The molecule has 1 saturated heterocycles. The fourth-order valence-corrected chi connectivity index (χ4v) is 6.07. The molecule has 3 atom stereocenters. The van der Waals surface area contributed by atoms with Crippen molar-refractivity contribution in [2.45, 2.75) is 36.6 Å². The first kappa shape index (κ1) is 21.1. The summed E-state index contributed by atoms with van der Waals surface area (Å²) in [7, 11) is -4.04. The monoisotopic (exact) mass is 457 g/mol. The molecule has 2 aliphatic heterocycles. The summed E-state index contributed by atoms with van der Waals surface area (Å²) in [4.78, 5) is 14.5. The topological polar surface area (TPSA) is 108 Å². The maximum Gasteiger partial charge on any atom is 0.341 e. The normalized spacial score (nSPS) is 24.2. The first-order valence-electron chi connectivity index (χ1n) is 11.0. The number of hydrogen-bond acceptors (Lipinski definition) is 6. The lowest BCUT2D eigenvalue weighted by atomic mass is 10.0. The van der Waals surface area contributed by atoms with E-state index < -0.39 is 16.0 Å². The Labute approximate surface area is 187 Å². The van der Waals surface area contributed by atoms with Crippen molar-refractivity contribution in [1.82, 2.24) is 4.90 Å². The zero-order valence-corrected chi connectivity index (χ0v) is 18.7. The number of nitrogens with zero attached hydrogens (tertiary/aromatic N) is 1. The second-order valence-electron chi connectivity index (χ2n) is 8.75. The van der Waals surface area contributed by atoms with E-state index in [2.05, 4.69) is 21.9 Å². The van der Waals surface area contributed by atoms with Gasteiger partial charge >= 0.3 is 5.97 Å². The zero-order valence-electron chi connectivity index (χ0n) is 17.9. The Kier molecular flexibility index (Phi) is 5.25.